The third kappa shape index (κ3) is 2.86. The molecule has 108 valence electrons. The van der Waals surface area contributed by atoms with E-state index >= 15 is 0 Å². The fourth-order valence-corrected chi connectivity index (χ4v) is 2.07. The number of hydrogen-bond acceptors (Lipinski definition) is 6. The molecule has 8 heteroatoms. The fraction of sp³-hybridized carbons (Fsp3) is 0.417. The van der Waals surface area contributed by atoms with Crippen LogP contribution in [-0.4, -0.2) is 29.6 Å². The molecule has 1 heterocycles. The van der Waals surface area contributed by atoms with Crippen LogP contribution in [0.5, 0.6) is 0 Å². The van der Waals surface area contributed by atoms with Gasteiger partial charge < -0.3 is 15.5 Å². The summed E-state index contributed by atoms with van der Waals surface area (Å²) < 4.78 is 5.25. The topological polar surface area (TPSA) is 120 Å². The summed E-state index contributed by atoms with van der Waals surface area (Å²) >= 11 is 0. The lowest BCUT2D eigenvalue weighted by atomic mass is 10.0. The Morgan fingerprint density at radius 3 is 2.85 bits per heavy atom. The number of amides is 1. The van der Waals surface area contributed by atoms with E-state index in [0.29, 0.717) is 25.3 Å². The van der Waals surface area contributed by atoms with Gasteiger partial charge in [-0.1, -0.05) is 0 Å². The minimum absolute atomic E-state index is 0.134. The Labute approximate surface area is 115 Å². The molecular formula is C12H16N4O4. The zero-order valence-corrected chi connectivity index (χ0v) is 11.0. The van der Waals surface area contributed by atoms with Gasteiger partial charge in [-0.05, 0) is 19.4 Å². The SMILES string of the molecule is CC1(NC(=O)c2cc([N+](=O)[O-])ccc2NN)CCOC1. The molecule has 4 N–H and O–H groups in total. The van der Waals surface area contributed by atoms with Crippen LogP contribution in [0.15, 0.2) is 18.2 Å². The molecule has 0 radical (unpaired) electrons. The average Bonchev–Trinajstić information content (AvgIpc) is 2.84. The third-order valence-corrected chi connectivity index (χ3v) is 3.25. The van der Waals surface area contributed by atoms with Crippen LogP contribution in [0.4, 0.5) is 11.4 Å². The Balaban J connectivity index is 2.27. The maximum atomic E-state index is 12.3. The minimum atomic E-state index is -0.558. The largest absolute Gasteiger partial charge is 0.379 e. The first-order valence-corrected chi connectivity index (χ1v) is 6.10. The Bertz CT molecular complexity index is 540. The number of rotatable bonds is 4. The molecule has 1 aliphatic heterocycles. The monoisotopic (exact) mass is 280 g/mol. The summed E-state index contributed by atoms with van der Waals surface area (Å²) in [6, 6.07) is 3.89. The number of carbonyl (C=O) groups excluding carboxylic acids is 1. The molecule has 8 nitrogen and oxygen atoms in total. The quantitative estimate of drug-likeness (QED) is 0.426. The van der Waals surface area contributed by atoms with E-state index in [0.717, 1.165) is 0 Å². The Morgan fingerprint density at radius 1 is 1.55 bits per heavy atom. The summed E-state index contributed by atoms with van der Waals surface area (Å²) in [6.07, 6.45) is 0.694. The Hall–Kier alpha value is -2.19. The Kier molecular flexibility index (Phi) is 3.86. The van der Waals surface area contributed by atoms with Gasteiger partial charge in [-0.25, -0.2) is 0 Å². The number of anilines is 1. The molecule has 1 atom stereocenters. The number of non-ortho nitro benzene ring substituents is 1. The summed E-state index contributed by atoms with van der Waals surface area (Å²) in [5.74, 6) is 4.91. The molecule has 0 saturated carbocycles. The maximum Gasteiger partial charge on any atom is 0.270 e. The molecule has 0 aliphatic carbocycles. The number of hydrazine groups is 1. The molecule has 0 bridgehead atoms. The van der Waals surface area contributed by atoms with Crippen molar-refractivity contribution in [2.24, 2.45) is 5.84 Å². The van der Waals surface area contributed by atoms with Crippen LogP contribution in [-0.2, 0) is 4.74 Å². The molecule has 1 aromatic rings. The third-order valence-electron chi connectivity index (χ3n) is 3.25. The zero-order chi connectivity index (χ0) is 14.8. The van der Waals surface area contributed by atoms with Crippen molar-refractivity contribution in [3.63, 3.8) is 0 Å². The van der Waals surface area contributed by atoms with Gasteiger partial charge >= 0.3 is 0 Å². The van der Waals surface area contributed by atoms with E-state index in [1.165, 1.54) is 18.2 Å². The van der Waals surface area contributed by atoms with Gasteiger partial charge in [0.25, 0.3) is 11.6 Å². The molecular weight excluding hydrogens is 264 g/mol. The zero-order valence-electron chi connectivity index (χ0n) is 11.0. The molecule has 0 aromatic heterocycles. The number of hydrogen-bond donors (Lipinski definition) is 3. The van der Waals surface area contributed by atoms with Gasteiger partial charge in [-0.3, -0.25) is 20.8 Å². The molecule has 2 rings (SSSR count). The highest BCUT2D eigenvalue weighted by Crippen LogP contribution is 2.24. The number of nitrogens with zero attached hydrogens (tertiary/aromatic N) is 1. The number of ether oxygens (including phenoxy) is 1. The van der Waals surface area contributed by atoms with Crippen molar-refractivity contribution in [3.8, 4) is 0 Å². The van der Waals surface area contributed by atoms with Gasteiger partial charge in [0.15, 0.2) is 0 Å². The van der Waals surface area contributed by atoms with Crippen LogP contribution in [0.3, 0.4) is 0 Å². The number of nitro benzene ring substituents is 1. The second kappa shape index (κ2) is 5.43. The summed E-state index contributed by atoms with van der Waals surface area (Å²) in [5.41, 5.74) is 2.20. The van der Waals surface area contributed by atoms with Crippen LogP contribution in [0, 0.1) is 10.1 Å². The molecule has 1 amide bonds. The van der Waals surface area contributed by atoms with E-state index < -0.39 is 16.4 Å². The van der Waals surface area contributed by atoms with Crippen LogP contribution in [0.2, 0.25) is 0 Å². The lowest BCUT2D eigenvalue weighted by molar-refractivity contribution is -0.384. The van der Waals surface area contributed by atoms with Crippen LogP contribution >= 0.6 is 0 Å². The lowest BCUT2D eigenvalue weighted by Gasteiger charge is -2.24. The first-order chi connectivity index (χ1) is 9.45. The molecule has 1 saturated heterocycles. The van der Waals surface area contributed by atoms with Crippen molar-refractivity contribution >= 4 is 17.3 Å². The normalized spacial score (nSPS) is 21.5. The number of nitrogen functional groups attached to an aromatic ring is 1. The highest BCUT2D eigenvalue weighted by atomic mass is 16.6. The second-order valence-corrected chi connectivity index (χ2v) is 4.95. The summed E-state index contributed by atoms with van der Waals surface area (Å²) in [6.45, 7) is 2.86. The van der Waals surface area contributed by atoms with E-state index in [-0.39, 0.29) is 11.3 Å². The number of nitrogens with one attached hydrogen (secondary N) is 2. The van der Waals surface area contributed by atoms with E-state index in [1.807, 2.05) is 6.92 Å². The van der Waals surface area contributed by atoms with Gasteiger partial charge in [-0.2, -0.15) is 0 Å². The highest BCUT2D eigenvalue weighted by Gasteiger charge is 2.32. The minimum Gasteiger partial charge on any atom is -0.379 e. The van der Waals surface area contributed by atoms with Crippen molar-refractivity contribution in [1.82, 2.24) is 5.32 Å². The summed E-state index contributed by atoms with van der Waals surface area (Å²) in [5, 5.41) is 13.6. The molecule has 20 heavy (non-hydrogen) atoms. The average molecular weight is 280 g/mol. The maximum absolute atomic E-state index is 12.3. The number of benzene rings is 1. The first-order valence-electron chi connectivity index (χ1n) is 6.10. The molecule has 1 aliphatic rings. The van der Waals surface area contributed by atoms with Crippen molar-refractivity contribution in [3.05, 3.63) is 33.9 Å². The van der Waals surface area contributed by atoms with Gasteiger partial charge in [0.05, 0.1) is 28.3 Å². The predicted molar refractivity (Wildman–Crippen MR) is 72.2 cm³/mol. The van der Waals surface area contributed by atoms with Crippen molar-refractivity contribution < 1.29 is 14.5 Å². The highest BCUT2D eigenvalue weighted by molar-refractivity contribution is 6.00. The second-order valence-electron chi connectivity index (χ2n) is 4.95. The molecule has 1 fully saturated rings. The van der Waals surface area contributed by atoms with Crippen molar-refractivity contribution in [1.29, 1.82) is 0 Å². The number of carbonyl (C=O) groups is 1. The van der Waals surface area contributed by atoms with E-state index in [2.05, 4.69) is 10.7 Å². The molecule has 1 aromatic carbocycles. The van der Waals surface area contributed by atoms with E-state index in [9.17, 15) is 14.9 Å². The van der Waals surface area contributed by atoms with Crippen molar-refractivity contribution in [2.45, 2.75) is 18.9 Å². The van der Waals surface area contributed by atoms with Crippen LogP contribution in [0.1, 0.15) is 23.7 Å². The van der Waals surface area contributed by atoms with Gasteiger partial charge in [0, 0.05) is 18.7 Å². The fourth-order valence-electron chi connectivity index (χ4n) is 2.07. The standard InChI is InChI=1S/C12H16N4O4/c1-12(4-5-20-7-12)14-11(17)9-6-8(16(18)19)2-3-10(9)15-13/h2-3,6,15H,4-5,7,13H2,1H3,(H,14,17). The van der Waals surface area contributed by atoms with E-state index in [1.54, 1.807) is 0 Å². The van der Waals surface area contributed by atoms with Crippen LogP contribution < -0.4 is 16.6 Å². The first kappa shape index (κ1) is 14.2. The summed E-state index contributed by atoms with van der Waals surface area (Å²) in [7, 11) is 0. The van der Waals surface area contributed by atoms with Gasteiger partial charge in [-0.15, -0.1) is 0 Å². The number of nitro groups is 1. The summed E-state index contributed by atoms with van der Waals surface area (Å²) in [4.78, 5) is 22.5. The van der Waals surface area contributed by atoms with Gasteiger partial charge in [0.2, 0.25) is 0 Å². The van der Waals surface area contributed by atoms with Gasteiger partial charge in [0.1, 0.15) is 0 Å². The predicted octanol–water partition coefficient (Wildman–Crippen LogP) is 0.789. The Morgan fingerprint density at radius 2 is 2.30 bits per heavy atom. The molecule has 0 spiro atoms. The molecule has 1 unspecified atom stereocenters. The van der Waals surface area contributed by atoms with E-state index in [4.69, 9.17) is 10.6 Å². The van der Waals surface area contributed by atoms with Crippen molar-refractivity contribution in [2.75, 3.05) is 18.6 Å². The lowest BCUT2D eigenvalue weighted by Crippen LogP contribution is -2.46. The number of nitrogens with two attached hydrogens (primary N) is 1. The van der Waals surface area contributed by atoms with Crippen LogP contribution in [0.25, 0.3) is 0 Å². The smallest absolute Gasteiger partial charge is 0.270 e.